The Morgan fingerprint density at radius 2 is 2.08 bits per heavy atom. The molecular formula is C19H31N3O3S. The first-order chi connectivity index (χ1) is 12.4. The molecule has 1 aromatic rings. The van der Waals surface area contributed by atoms with Gasteiger partial charge in [0.05, 0.1) is 11.4 Å². The standard InChI is InChI=1S/C19H31N3O3S/c1-4-20-19(21-10-5-11-25-14-16-6-7-16)22-13-17-8-9-18(15(2)12-17)26(3,23)24/h8-9,12,16H,4-7,10-11,13-14H2,1-3H3,(H2,20,21,22). The van der Waals surface area contributed by atoms with Gasteiger partial charge in [-0.3, -0.25) is 0 Å². The molecule has 7 heteroatoms. The number of hydrogen-bond donors (Lipinski definition) is 2. The van der Waals surface area contributed by atoms with E-state index in [0.717, 1.165) is 55.7 Å². The number of sulfone groups is 1. The SMILES string of the molecule is CCNC(=NCc1ccc(S(C)(=O)=O)c(C)c1)NCCCOCC1CC1. The second-order valence-corrected chi connectivity index (χ2v) is 8.85. The van der Waals surface area contributed by atoms with E-state index in [4.69, 9.17) is 4.74 Å². The summed E-state index contributed by atoms with van der Waals surface area (Å²) in [6.45, 7) is 7.61. The van der Waals surface area contributed by atoms with E-state index in [2.05, 4.69) is 15.6 Å². The molecule has 1 aliphatic rings. The van der Waals surface area contributed by atoms with Crippen LogP contribution in [0.15, 0.2) is 28.1 Å². The van der Waals surface area contributed by atoms with Gasteiger partial charge >= 0.3 is 0 Å². The van der Waals surface area contributed by atoms with Crippen molar-refractivity contribution in [1.82, 2.24) is 10.6 Å². The summed E-state index contributed by atoms with van der Waals surface area (Å²) in [6, 6.07) is 5.37. The number of nitrogens with one attached hydrogen (secondary N) is 2. The molecule has 0 spiro atoms. The third kappa shape index (κ3) is 7.33. The second kappa shape index (κ2) is 9.92. The molecule has 2 N–H and O–H groups in total. The Kier molecular flexibility index (Phi) is 7.90. The third-order valence-electron chi connectivity index (χ3n) is 4.21. The van der Waals surface area contributed by atoms with Crippen LogP contribution < -0.4 is 10.6 Å². The number of guanidine groups is 1. The molecule has 0 saturated heterocycles. The van der Waals surface area contributed by atoms with Crippen LogP contribution >= 0.6 is 0 Å². The third-order valence-corrected chi connectivity index (χ3v) is 5.47. The number of nitrogens with zero attached hydrogens (tertiary/aromatic N) is 1. The molecule has 0 bridgehead atoms. The molecule has 26 heavy (non-hydrogen) atoms. The molecule has 6 nitrogen and oxygen atoms in total. The highest BCUT2D eigenvalue weighted by Crippen LogP contribution is 2.28. The van der Waals surface area contributed by atoms with Gasteiger partial charge in [-0.1, -0.05) is 12.1 Å². The van der Waals surface area contributed by atoms with E-state index in [0.29, 0.717) is 11.4 Å². The lowest BCUT2D eigenvalue weighted by Crippen LogP contribution is -2.38. The van der Waals surface area contributed by atoms with Crippen molar-refractivity contribution in [1.29, 1.82) is 0 Å². The van der Waals surface area contributed by atoms with Crippen LogP contribution in [0.1, 0.15) is 37.3 Å². The molecule has 1 fully saturated rings. The normalized spacial score (nSPS) is 15.1. The van der Waals surface area contributed by atoms with E-state index in [9.17, 15) is 8.42 Å². The van der Waals surface area contributed by atoms with E-state index < -0.39 is 9.84 Å². The van der Waals surface area contributed by atoms with Gasteiger partial charge in [0.1, 0.15) is 0 Å². The Bertz CT molecular complexity index is 713. The highest BCUT2D eigenvalue weighted by atomic mass is 32.2. The van der Waals surface area contributed by atoms with Gasteiger partial charge in [0.25, 0.3) is 0 Å². The molecule has 0 atom stereocenters. The average Bonchev–Trinajstić information content (AvgIpc) is 3.38. The van der Waals surface area contributed by atoms with Gasteiger partial charge in [-0.2, -0.15) is 0 Å². The number of aliphatic imine (C=N–C) groups is 1. The Hall–Kier alpha value is -1.60. The van der Waals surface area contributed by atoms with Crippen LogP contribution in [0.3, 0.4) is 0 Å². The smallest absolute Gasteiger partial charge is 0.191 e. The Morgan fingerprint density at radius 3 is 2.69 bits per heavy atom. The molecular weight excluding hydrogens is 350 g/mol. The predicted molar refractivity (Wildman–Crippen MR) is 105 cm³/mol. The maximum absolute atomic E-state index is 11.7. The molecule has 0 aliphatic heterocycles. The maximum Gasteiger partial charge on any atom is 0.191 e. The van der Waals surface area contributed by atoms with Crippen LogP contribution in [0.5, 0.6) is 0 Å². The minimum Gasteiger partial charge on any atom is -0.381 e. The lowest BCUT2D eigenvalue weighted by Gasteiger charge is -2.12. The zero-order valence-corrected chi connectivity index (χ0v) is 16.9. The monoisotopic (exact) mass is 381 g/mol. The maximum atomic E-state index is 11.7. The molecule has 2 rings (SSSR count). The van der Waals surface area contributed by atoms with E-state index in [1.54, 1.807) is 6.07 Å². The minimum atomic E-state index is -3.18. The number of ether oxygens (including phenoxy) is 1. The van der Waals surface area contributed by atoms with Crippen molar-refractivity contribution in [2.45, 2.75) is 44.6 Å². The number of hydrogen-bond acceptors (Lipinski definition) is 4. The lowest BCUT2D eigenvalue weighted by molar-refractivity contribution is 0.123. The van der Waals surface area contributed by atoms with Gasteiger partial charge in [0, 0.05) is 32.6 Å². The van der Waals surface area contributed by atoms with Crippen molar-refractivity contribution < 1.29 is 13.2 Å². The highest BCUT2D eigenvalue weighted by Gasteiger charge is 2.20. The summed E-state index contributed by atoms with van der Waals surface area (Å²) < 4.78 is 29.0. The van der Waals surface area contributed by atoms with Gasteiger partial charge < -0.3 is 15.4 Å². The molecule has 0 heterocycles. The van der Waals surface area contributed by atoms with Crippen molar-refractivity contribution in [3.63, 3.8) is 0 Å². The Morgan fingerprint density at radius 1 is 1.31 bits per heavy atom. The lowest BCUT2D eigenvalue weighted by atomic mass is 10.1. The number of rotatable bonds is 10. The molecule has 0 unspecified atom stereocenters. The Balaban J connectivity index is 1.82. The van der Waals surface area contributed by atoms with Gasteiger partial charge in [-0.25, -0.2) is 13.4 Å². The van der Waals surface area contributed by atoms with Crippen molar-refractivity contribution in [3.05, 3.63) is 29.3 Å². The fourth-order valence-corrected chi connectivity index (χ4v) is 3.61. The van der Waals surface area contributed by atoms with Crippen LogP contribution in [-0.4, -0.2) is 46.9 Å². The van der Waals surface area contributed by atoms with E-state index in [1.165, 1.54) is 19.1 Å². The predicted octanol–water partition coefficient (Wildman–Crippen LogP) is 2.27. The van der Waals surface area contributed by atoms with Crippen LogP contribution in [-0.2, 0) is 21.1 Å². The van der Waals surface area contributed by atoms with Crippen LogP contribution in [0.25, 0.3) is 0 Å². The van der Waals surface area contributed by atoms with Crippen LogP contribution in [0, 0.1) is 12.8 Å². The fraction of sp³-hybridized carbons (Fsp3) is 0.632. The summed E-state index contributed by atoms with van der Waals surface area (Å²) in [4.78, 5) is 4.95. The zero-order valence-electron chi connectivity index (χ0n) is 16.0. The van der Waals surface area contributed by atoms with Crippen molar-refractivity contribution in [3.8, 4) is 0 Å². The fourth-order valence-electron chi connectivity index (χ4n) is 2.65. The second-order valence-electron chi connectivity index (χ2n) is 6.87. The molecule has 0 aromatic heterocycles. The van der Waals surface area contributed by atoms with Gasteiger partial charge in [-0.15, -0.1) is 0 Å². The summed E-state index contributed by atoms with van der Waals surface area (Å²) in [6.07, 6.45) is 4.81. The topological polar surface area (TPSA) is 79.8 Å². The summed E-state index contributed by atoms with van der Waals surface area (Å²) in [7, 11) is -3.18. The summed E-state index contributed by atoms with van der Waals surface area (Å²) in [5.41, 5.74) is 1.74. The number of aryl methyl sites for hydroxylation is 1. The average molecular weight is 382 g/mol. The largest absolute Gasteiger partial charge is 0.381 e. The van der Waals surface area contributed by atoms with E-state index in [-0.39, 0.29) is 0 Å². The first kappa shape index (κ1) is 20.7. The van der Waals surface area contributed by atoms with Crippen molar-refractivity contribution in [2.24, 2.45) is 10.9 Å². The minimum absolute atomic E-state index is 0.376. The molecule has 146 valence electrons. The quantitative estimate of drug-likeness (QED) is 0.369. The van der Waals surface area contributed by atoms with Gasteiger partial charge in [0.15, 0.2) is 15.8 Å². The number of benzene rings is 1. The first-order valence-electron chi connectivity index (χ1n) is 9.29. The molecule has 0 amide bonds. The summed E-state index contributed by atoms with van der Waals surface area (Å²) in [5, 5.41) is 6.53. The Labute approximate surface area is 157 Å². The zero-order chi connectivity index (χ0) is 19.0. The van der Waals surface area contributed by atoms with E-state index >= 15 is 0 Å². The van der Waals surface area contributed by atoms with Gasteiger partial charge in [-0.05, 0) is 56.2 Å². The summed E-state index contributed by atoms with van der Waals surface area (Å²) >= 11 is 0. The van der Waals surface area contributed by atoms with Crippen LogP contribution in [0.4, 0.5) is 0 Å². The molecule has 1 aliphatic carbocycles. The first-order valence-corrected chi connectivity index (χ1v) is 11.2. The van der Waals surface area contributed by atoms with Gasteiger partial charge in [0.2, 0.25) is 0 Å². The highest BCUT2D eigenvalue weighted by molar-refractivity contribution is 7.90. The summed E-state index contributed by atoms with van der Waals surface area (Å²) in [5.74, 6) is 1.57. The van der Waals surface area contributed by atoms with Crippen LogP contribution in [0.2, 0.25) is 0 Å². The van der Waals surface area contributed by atoms with Crippen molar-refractivity contribution in [2.75, 3.05) is 32.6 Å². The molecule has 1 aromatic carbocycles. The van der Waals surface area contributed by atoms with E-state index in [1.807, 2.05) is 26.0 Å². The molecule has 0 radical (unpaired) electrons. The molecule has 1 saturated carbocycles. The van der Waals surface area contributed by atoms with Crippen molar-refractivity contribution >= 4 is 15.8 Å².